The molecule has 0 aliphatic rings. The number of rotatable bonds is 11. The number of nitrogens with one attached hydrogen (secondary N) is 1. The maximum atomic E-state index is 3.40. The van der Waals surface area contributed by atoms with Crippen molar-refractivity contribution in [2.45, 2.75) is 85.1 Å². The van der Waals surface area contributed by atoms with E-state index in [1.165, 1.54) is 70.2 Å². The largest absolute Gasteiger partial charge is 0.254 e. The highest BCUT2D eigenvalue weighted by Crippen LogP contribution is 2.07. The first-order chi connectivity index (χ1) is 9.24. The van der Waals surface area contributed by atoms with Crippen molar-refractivity contribution < 1.29 is 4.57 Å². The fourth-order valence-corrected chi connectivity index (χ4v) is 2.56. The molecule has 0 atom stereocenters. The number of H-pyrrole nitrogens is 1. The van der Waals surface area contributed by atoms with Crippen LogP contribution < -0.4 is 4.57 Å². The van der Waals surface area contributed by atoms with Gasteiger partial charge in [-0.3, -0.25) is 0 Å². The first kappa shape index (κ1) is 16.3. The highest BCUT2D eigenvalue weighted by atomic mass is 15.1. The van der Waals surface area contributed by atoms with Gasteiger partial charge in [0.1, 0.15) is 12.4 Å². The van der Waals surface area contributed by atoms with Crippen molar-refractivity contribution in [3.8, 4) is 0 Å². The number of imidazole rings is 1. The molecule has 1 rings (SSSR count). The highest BCUT2D eigenvalue weighted by Gasteiger charge is 2.09. The normalized spacial score (nSPS) is 11.4. The molecule has 2 heteroatoms. The van der Waals surface area contributed by atoms with E-state index < -0.39 is 0 Å². The summed E-state index contributed by atoms with van der Waals surface area (Å²) >= 11 is 0. The van der Waals surface area contributed by atoms with Crippen LogP contribution in [0.25, 0.3) is 0 Å². The molecule has 0 unspecified atom stereocenters. The Morgan fingerprint density at radius 1 is 1.05 bits per heavy atom. The molecule has 0 radical (unpaired) electrons. The second-order valence-electron chi connectivity index (χ2n) is 6.15. The summed E-state index contributed by atoms with van der Waals surface area (Å²) in [5.41, 5.74) is 0. The van der Waals surface area contributed by atoms with Crippen LogP contribution in [0.2, 0.25) is 0 Å². The molecular formula is C17H33N2+. The molecule has 1 aromatic rings. The molecule has 1 aromatic heterocycles. The van der Waals surface area contributed by atoms with E-state index in [4.69, 9.17) is 0 Å². The second kappa shape index (κ2) is 10.1. The van der Waals surface area contributed by atoms with Gasteiger partial charge in [-0.05, 0) is 25.2 Å². The van der Waals surface area contributed by atoms with Crippen LogP contribution in [0.3, 0.4) is 0 Å². The van der Waals surface area contributed by atoms with Crippen LogP contribution in [0.15, 0.2) is 12.4 Å². The lowest BCUT2D eigenvalue weighted by molar-refractivity contribution is -0.703. The molecule has 0 saturated heterocycles. The molecular weight excluding hydrogens is 232 g/mol. The summed E-state index contributed by atoms with van der Waals surface area (Å²) in [4.78, 5) is 3.40. The van der Waals surface area contributed by atoms with Crippen LogP contribution in [0.4, 0.5) is 0 Å². The Morgan fingerprint density at radius 3 is 2.53 bits per heavy atom. The van der Waals surface area contributed by atoms with E-state index in [1.807, 2.05) is 0 Å². The predicted octanol–water partition coefficient (Wildman–Crippen LogP) is 4.64. The van der Waals surface area contributed by atoms with Crippen molar-refractivity contribution in [1.82, 2.24) is 4.98 Å². The third kappa shape index (κ3) is 7.39. The van der Waals surface area contributed by atoms with Crippen molar-refractivity contribution in [2.24, 2.45) is 5.92 Å². The van der Waals surface area contributed by atoms with Gasteiger partial charge in [-0.2, -0.15) is 0 Å². The minimum atomic E-state index is 0.821. The number of hydrogen-bond donors (Lipinski definition) is 1. The average Bonchev–Trinajstić information content (AvgIpc) is 2.81. The van der Waals surface area contributed by atoms with Crippen LogP contribution in [0.5, 0.6) is 0 Å². The smallest absolute Gasteiger partial charge is 0.248 e. The van der Waals surface area contributed by atoms with Crippen LogP contribution in [-0.4, -0.2) is 4.98 Å². The number of hydrogen-bond acceptors (Lipinski definition) is 0. The van der Waals surface area contributed by atoms with E-state index in [0.717, 1.165) is 5.92 Å². The maximum Gasteiger partial charge on any atom is 0.254 e. The summed E-state index contributed by atoms with van der Waals surface area (Å²) in [5, 5.41) is 0. The van der Waals surface area contributed by atoms with Crippen LogP contribution in [0.1, 0.15) is 78.0 Å². The minimum Gasteiger partial charge on any atom is -0.248 e. The summed E-state index contributed by atoms with van der Waals surface area (Å²) in [5.74, 6) is 2.23. The summed E-state index contributed by atoms with van der Waals surface area (Å²) in [6, 6.07) is 0. The predicted molar refractivity (Wildman–Crippen MR) is 82.1 cm³/mol. The van der Waals surface area contributed by atoms with Gasteiger partial charge in [0.25, 0.3) is 5.82 Å². The van der Waals surface area contributed by atoms with Gasteiger partial charge < -0.3 is 0 Å². The molecule has 1 N–H and O–H groups in total. The third-order valence-electron chi connectivity index (χ3n) is 3.80. The molecule has 1 heterocycles. The van der Waals surface area contributed by atoms with Crippen LogP contribution in [-0.2, 0) is 13.0 Å². The number of aromatic amines is 1. The fourth-order valence-electron chi connectivity index (χ4n) is 2.56. The van der Waals surface area contributed by atoms with Gasteiger partial charge in [-0.15, -0.1) is 0 Å². The van der Waals surface area contributed by atoms with Crippen LogP contribution >= 0.6 is 0 Å². The van der Waals surface area contributed by atoms with Gasteiger partial charge in [0.2, 0.25) is 0 Å². The molecule has 0 amide bonds. The SMILES string of the molecule is CCCCCCCC[n+]1cc[nH]c1CCCC(C)C. The molecule has 0 aliphatic carbocycles. The summed E-state index contributed by atoms with van der Waals surface area (Å²) in [7, 11) is 0. The van der Waals surface area contributed by atoms with Crippen molar-refractivity contribution in [3.63, 3.8) is 0 Å². The van der Waals surface area contributed by atoms with Crippen molar-refractivity contribution in [3.05, 3.63) is 18.2 Å². The molecule has 19 heavy (non-hydrogen) atoms. The Hall–Kier alpha value is -0.790. The van der Waals surface area contributed by atoms with E-state index in [2.05, 4.69) is 42.7 Å². The second-order valence-corrected chi connectivity index (χ2v) is 6.15. The molecule has 0 bridgehead atoms. The van der Waals surface area contributed by atoms with Gasteiger partial charge in [0.15, 0.2) is 0 Å². The Morgan fingerprint density at radius 2 is 1.79 bits per heavy atom. The third-order valence-corrected chi connectivity index (χ3v) is 3.80. The zero-order valence-corrected chi connectivity index (χ0v) is 13.3. The van der Waals surface area contributed by atoms with Crippen molar-refractivity contribution >= 4 is 0 Å². The molecule has 0 fully saturated rings. The molecule has 0 aromatic carbocycles. The number of aryl methyl sites for hydroxylation is 2. The highest BCUT2D eigenvalue weighted by molar-refractivity contribution is 4.77. The van der Waals surface area contributed by atoms with Gasteiger partial charge in [0, 0.05) is 6.42 Å². The fraction of sp³-hybridized carbons (Fsp3) is 0.824. The Balaban J connectivity index is 2.17. The van der Waals surface area contributed by atoms with Crippen molar-refractivity contribution in [1.29, 1.82) is 0 Å². The van der Waals surface area contributed by atoms with Gasteiger partial charge >= 0.3 is 0 Å². The zero-order valence-electron chi connectivity index (χ0n) is 13.3. The summed E-state index contributed by atoms with van der Waals surface area (Å²) in [6.45, 7) is 8.07. The van der Waals surface area contributed by atoms with Gasteiger partial charge in [-0.1, -0.05) is 52.9 Å². The average molecular weight is 265 g/mol. The minimum absolute atomic E-state index is 0.821. The lowest BCUT2D eigenvalue weighted by Crippen LogP contribution is -2.36. The summed E-state index contributed by atoms with van der Waals surface area (Å²) in [6.07, 6.45) is 16.4. The molecule has 2 nitrogen and oxygen atoms in total. The quantitative estimate of drug-likeness (QED) is 0.444. The van der Waals surface area contributed by atoms with E-state index in [1.54, 1.807) is 0 Å². The molecule has 0 saturated carbocycles. The maximum absolute atomic E-state index is 3.40. The van der Waals surface area contributed by atoms with Gasteiger partial charge in [-0.25, -0.2) is 9.55 Å². The molecule has 0 spiro atoms. The zero-order chi connectivity index (χ0) is 13.9. The standard InChI is InChI=1S/C17H32N2/c1-4-5-6-7-8-9-14-19-15-13-18-17(19)12-10-11-16(2)3/h13,15-16H,4-12,14H2,1-3H3/p+1. The Kier molecular flexibility index (Phi) is 8.61. The van der Waals surface area contributed by atoms with Crippen LogP contribution in [0, 0.1) is 5.92 Å². The molecule has 0 aliphatic heterocycles. The monoisotopic (exact) mass is 265 g/mol. The number of nitrogens with zero attached hydrogens (tertiary/aromatic N) is 1. The van der Waals surface area contributed by atoms with E-state index >= 15 is 0 Å². The number of aromatic nitrogens is 2. The summed E-state index contributed by atoms with van der Waals surface area (Å²) < 4.78 is 2.42. The van der Waals surface area contributed by atoms with Gasteiger partial charge in [0.05, 0.1) is 6.54 Å². The Labute approximate surface area is 119 Å². The first-order valence-electron chi connectivity index (χ1n) is 8.29. The van der Waals surface area contributed by atoms with E-state index in [0.29, 0.717) is 0 Å². The lowest BCUT2D eigenvalue weighted by atomic mass is 10.1. The van der Waals surface area contributed by atoms with E-state index in [9.17, 15) is 0 Å². The first-order valence-corrected chi connectivity index (χ1v) is 8.29. The topological polar surface area (TPSA) is 19.7 Å². The Bertz CT molecular complexity index is 315. The van der Waals surface area contributed by atoms with Crippen molar-refractivity contribution in [2.75, 3.05) is 0 Å². The van der Waals surface area contributed by atoms with E-state index in [-0.39, 0.29) is 0 Å². The lowest BCUT2D eigenvalue weighted by Gasteiger charge is -2.04. The molecule has 110 valence electrons. The number of unbranched alkanes of at least 4 members (excludes halogenated alkanes) is 5.